The molecule has 1 amide bonds. The van der Waals surface area contributed by atoms with Crippen LogP contribution in [0.1, 0.15) is 11.3 Å². The standard InChI is InChI=1S/C18H16BrN3O2/c1-12-16(15-7-2-3-8-17(15)21-12)10-20-22-18(23)11-24-14-6-4-5-13(19)9-14/h2-10,21H,11H2,1H3,(H,22,23)/b20-10+. The van der Waals surface area contributed by atoms with Gasteiger partial charge in [-0.25, -0.2) is 5.43 Å². The van der Waals surface area contributed by atoms with E-state index in [-0.39, 0.29) is 12.5 Å². The first-order valence-corrected chi connectivity index (χ1v) is 8.20. The Kier molecular flexibility index (Phi) is 4.96. The number of nitrogens with one attached hydrogen (secondary N) is 2. The zero-order valence-corrected chi connectivity index (χ0v) is 14.6. The number of para-hydroxylation sites is 1. The van der Waals surface area contributed by atoms with E-state index >= 15 is 0 Å². The van der Waals surface area contributed by atoms with E-state index in [1.54, 1.807) is 18.3 Å². The molecule has 1 heterocycles. The Bertz CT molecular complexity index is 902. The number of fused-ring (bicyclic) bond motifs is 1. The minimum absolute atomic E-state index is 0.0966. The van der Waals surface area contributed by atoms with E-state index < -0.39 is 0 Å². The zero-order chi connectivity index (χ0) is 16.9. The summed E-state index contributed by atoms with van der Waals surface area (Å²) < 4.78 is 6.30. The summed E-state index contributed by atoms with van der Waals surface area (Å²) in [5, 5.41) is 5.09. The number of ether oxygens (including phenoxy) is 1. The number of hydrogen-bond donors (Lipinski definition) is 2. The number of halogens is 1. The predicted octanol–water partition coefficient (Wildman–Crippen LogP) is 3.77. The molecule has 0 unspecified atom stereocenters. The highest BCUT2D eigenvalue weighted by Crippen LogP contribution is 2.20. The number of carbonyl (C=O) groups is 1. The Morgan fingerprint density at radius 2 is 2.12 bits per heavy atom. The smallest absolute Gasteiger partial charge is 0.277 e. The minimum Gasteiger partial charge on any atom is -0.484 e. The van der Waals surface area contributed by atoms with Crippen LogP contribution in [-0.4, -0.2) is 23.7 Å². The van der Waals surface area contributed by atoms with Gasteiger partial charge in [-0.1, -0.05) is 40.2 Å². The van der Waals surface area contributed by atoms with Crippen molar-refractivity contribution in [2.45, 2.75) is 6.92 Å². The molecule has 0 aliphatic carbocycles. The summed E-state index contributed by atoms with van der Waals surface area (Å²) >= 11 is 3.35. The second-order valence-electron chi connectivity index (χ2n) is 5.25. The van der Waals surface area contributed by atoms with Crippen molar-refractivity contribution in [3.63, 3.8) is 0 Å². The van der Waals surface area contributed by atoms with Gasteiger partial charge in [-0.2, -0.15) is 5.10 Å². The second kappa shape index (κ2) is 7.31. The first-order valence-electron chi connectivity index (χ1n) is 7.41. The van der Waals surface area contributed by atoms with E-state index in [0.717, 1.165) is 26.6 Å². The first kappa shape index (κ1) is 16.3. The fraction of sp³-hybridized carbons (Fsp3) is 0.111. The second-order valence-corrected chi connectivity index (χ2v) is 6.16. The van der Waals surface area contributed by atoms with E-state index in [0.29, 0.717) is 5.75 Å². The summed E-state index contributed by atoms with van der Waals surface area (Å²) in [4.78, 5) is 15.1. The number of benzene rings is 2. The Morgan fingerprint density at radius 1 is 1.29 bits per heavy atom. The van der Waals surface area contributed by atoms with Gasteiger partial charge in [0.05, 0.1) is 6.21 Å². The molecule has 0 aliphatic heterocycles. The molecule has 2 N–H and O–H groups in total. The number of nitrogens with zero attached hydrogens (tertiary/aromatic N) is 1. The Labute approximate surface area is 147 Å². The lowest BCUT2D eigenvalue weighted by Gasteiger charge is -2.05. The summed E-state index contributed by atoms with van der Waals surface area (Å²) in [5.74, 6) is 0.305. The summed E-state index contributed by atoms with van der Waals surface area (Å²) in [5.41, 5.74) is 5.48. The molecule has 1 aromatic heterocycles. The number of H-pyrrole nitrogens is 1. The molecule has 0 fully saturated rings. The van der Waals surface area contributed by atoms with Gasteiger partial charge in [-0.3, -0.25) is 4.79 Å². The summed E-state index contributed by atoms with van der Waals surface area (Å²) in [6.45, 7) is 1.88. The molecule has 0 saturated heterocycles. The van der Waals surface area contributed by atoms with Crippen LogP contribution in [0.3, 0.4) is 0 Å². The minimum atomic E-state index is -0.316. The molecule has 5 nitrogen and oxygen atoms in total. The number of hydrogen-bond acceptors (Lipinski definition) is 3. The van der Waals surface area contributed by atoms with Gasteiger partial charge in [0.25, 0.3) is 5.91 Å². The quantitative estimate of drug-likeness (QED) is 0.518. The fourth-order valence-corrected chi connectivity index (χ4v) is 2.75. The SMILES string of the molecule is Cc1[nH]c2ccccc2c1/C=N/NC(=O)COc1cccc(Br)c1. The molecule has 0 aliphatic rings. The highest BCUT2D eigenvalue weighted by Gasteiger charge is 2.06. The van der Waals surface area contributed by atoms with Gasteiger partial charge in [-0.05, 0) is 31.2 Å². The highest BCUT2D eigenvalue weighted by atomic mass is 79.9. The maximum atomic E-state index is 11.8. The normalized spacial score (nSPS) is 11.1. The van der Waals surface area contributed by atoms with E-state index in [4.69, 9.17) is 4.74 Å². The molecule has 0 saturated carbocycles. The van der Waals surface area contributed by atoms with Gasteiger partial charge in [0.15, 0.2) is 6.61 Å². The number of aromatic nitrogens is 1. The number of amides is 1. The maximum absolute atomic E-state index is 11.8. The molecule has 2 aromatic carbocycles. The summed E-state index contributed by atoms with van der Waals surface area (Å²) in [6.07, 6.45) is 1.64. The monoisotopic (exact) mass is 385 g/mol. The maximum Gasteiger partial charge on any atom is 0.277 e. The van der Waals surface area contributed by atoms with Crippen molar-refractivity contribution in [3.05, 3.63) is 64.3 Å². The van der Waals surface area contributed by atoms with Gasteiger partial charge in [0, 0.05) is 26.6 Å². The molecule has 122 valence electrons. The molecule has 0 bridgehead atoms. The van der Waals surface area contributed by atoms with Crippen LogP contribution in [0, 0.1) is 6.92 Å². The molecule has 6 heteroatoms. The van der Waals surface area contributed by atoms with Crippen molar-refractivity contribution in [2.24, 2.45) is 5.10 Å². The predicted molar refractivity (Wildman–Crippen MR) is 98.4 cm³/mol. The van der Waals surface area contributed by atoms with Crippen molar-refractivity contribution in [1.82, 2.24) is 10.4 Å². The van der Waals surface area contributed by atoms with Gasteiger partial charge in [0.2, 0.25) is 0 Å². The van der Waals surface area contributed by atoms with E-state index in [2.05, 4.69) is 31.4 Å². The number of hydrazone groups is 1. The van der Waals surface area contributed by atoms with E-state index in [1.165, 1.54) is 0 Å². The van der Waals surface area contributed by atoms with Gasteiger partial charge in [-0.15, -0.1) is 0 Å². The third-order valence-electron chi connectivity index (χ3n) is 3.49. The lowest BCUT2D eigenvalue weighted by molar-refractivity contribution is -0.123. The lowest BCUT2D eigenvalue weighted by Crippen LogP contribution is -2.24. The molecule has 3 rings (SSSR count). The average molecular weight is 386 g/mol. The largest absolute Gasteiger partial charge is 0.484 e. The summed E-state index contributed by atoms with van der Waals surface area (Å²) in [7, 11) is 0. The lowest BCUT2D eigenvalue weighted by atomic mass is 10.1. The van der Waals surface area contributed by atoms with Crippen LogP contribution in [0.4, 0.5) is 0 Å². The van der Waals surface area contributed by atoms with Crippen LogP contribution in [0.15, 0.2) is 58.1 Å². The number of aryl methyl sites for hydroxylation is 1. The van der Waals surface area contributed by atoms with Crippen LogP contribution in [0.2, 0.25) is 0 Å². The third kappa shape index (κ3) is 3.83. The topological polar surface area (TPSA) is 66.5 Å². The Morgan fingerprint density at radius 3 is 2.96 bits per heavy atom. The van der Waals surface area contributed by atoms with Crippen LogP contribution < -0.4 is 10.2 Å². The van der Waals surface area contributed by atoms with E-state index in [1.807, 2.05) is 43.3 Å². The van der Waals surface area contributed by atoms with Crippen LogP contribution in [-0.2, 0) is 4.79 Å². The Hall–Kier alpha value is -2.60. The van der Waals surface area contributed by atoms with Crippen LogP contribution in [0.5, 0.6) is 5.75 Å². The molecule has 0 atom stereocenters. The van der Waals surface area contributed by atoms with E-state index in [9.17, 15) is 4.79 Å². The third-order valence-corrected chi connectivity index (χ3v) is 3.99. The van der Waals surface area contributed by atoms with Crippen molar-refractivity contribution >= 4 is 39.0 Å². The van der Waals surface area contributed by atoms with Crippen molar-refractivity contribution in [1.29, 1.82) is 0 Å². The molecule has 24 heavy (non-hydrogen) atoms. The fourth-order valence-electron chi connectivity index (χ4n) is 2.37. The molecular weight excluding hydrogens is 370 g/mol. The number of rotatable bonds is 5. The highest BCUT2D eigenvalue weighted by molar-refractivity contribution is 9.10. The Balaban J connectivity index is 1.59. The molecule has 0 radical (unpaired) electrons. The average Bonchev–Trinajstić information content (AvgIpc) is 2.89. The molecule has 0 spiro atoms. The van der Waals surface area contributed by atoms with Crippen molar-refractivity contribution < 1.29 is 9.53 Å². The number of aromatic amines is 1. The molecule has 3 aromatic rings. The van der Waals surface area contributed by atoms with Gasteiger partial charge < -0.3 is 9.72 Å². The first-order chi connectivity index (χ1) is 11.6. The van der Waals surface area contributed by atoms with Crippen molar-refractivity contribution in [3.8, 4) is 5.75 Å². The van der Waals surface area contributed by atoms with Crippen molar-refractivity contribution in [2.75, 3.05) is 6.61 Å². The summed E-state index contributed by atoms with van der Waals surface area (Å²) in [6, 6.07) is 15.3. The van der Waals surface area contributed by atoms with Crippen LogP contribution in [0.25, 0.3) is 10.9 Å². The molecular formula is C18H16BrN3O2. The van der Waals surface area contributed by atoms with Gasteiger partial charge >= 0.3 is 0 Å². The number of carbonyl (C=O) groups excluding carboxylic acids is 1. The van der Waals surface area contributed by atoms with Crippen LogP contribution >= 0.6 is 15.9 Å². The zero-order valence-electron chi connectivity index (χ0n) is 13.0. The van der Waals surface area contributed by atoms with Gasteiger partial charge in [0.1, 0.15) is 5.75 Å².